The van der Waals surface area contributed by atoms with Gasteiger partial charge < -0.3 is 5.73 Å². The van der Waals surface area contributed by atoms with Crippen LogP contribution in [-0.2, 0) is 16.6 Å². The van der Waals surface area contributed by atoms with E-state index in [0.29, 0.717) is 15.9 Å². The lowest BCUT2D eigenvalue weighted by Crippen LogP contribution is -2.13. The fourth-order valence-electron chi connectivity index (χ4n) is 1.70. The number of nitrogens with one attached hydrogen (secondary N) is 1. The Morgan fingerprint density at radius 1 is 1.33 bits per heavy atom. The first-order valence-corrected chi connectivity index (χ1v) is 9.57. The van der Waals surface area contributed by atoms with Gasteiger partial charge in [-0.05, 0) is 41.1 Å². The van der Waals surface area contributed by atoms with Crippen molar-refractivity contribution in [1.82, 2.24) is 0 Å². The maximum absolute atomic E-state index is 12.4. The van der Waals surface area contributed by atoms with Crippen LogP contribution in [-0.4, -0.2) is 8.42 Å². The van der Waals surface area contributed by atoms with Gasteiger partial charge in [-0.3, -0.25) is 4.72 Å². The van der Waals surface area contributed by atoms with Gasteiger partial charge in [-0.15, -0.1) is 11.3 Å². The monoisotopic (exact) mass is 428 g/mol. The van der Waals surface area contributed by atoms with Crippen LogP contribution in [0.25, 0.3) is 0 Å². The summed E-state index contributed by atoms with van der Waals surface area (Å²) in [4.78, 5) is 1.66. The molecule has 2 aromatic rings. The molecule has 0 aliphatic heterocycles. The van der Waals surface area contributed by atoms with Gasteiger partial charge in [0.2, 0.25) is 0 Å². The topological polar surface area (TPSA) is 72.2 Å². The number of thiophene rings is 1. The largest absolute Gasteiger partial charge is 0.326 e. The van der Waals surface area contributed by atoms with Crippen molar-refractivity contribution in [2.45, 2.75) is 18.4 Å². The summed E-state index contributed by atoms with van der Waals surface area (Å²) in [7, 11) is -3.74. The van der Waals surface area contributed by atoms with Gasteiger partial charge in [0.15, 0.2) is 0 Å². The van der Waals surface area contributed by atoms with Crippen LogP contribution in [0.15, 0.2) is 27.6 Å². The molecule has 2 rings (SSSR count). The molecule has 0 bridgehead atoms. The van der Waals surface area contributed by atoms with E-state index in [2.05, 4.69) is 20.7 Å². The highest BCUT2D eigenvalue weighted by molar-refractivity contribution is 9.10. The van der Waals surface area contributed by atoms with Crippen LogP contribution < -0.4 is 10.5 Å². The van der Waals surface area contributed by atoms with Gasteiger partial charge in [0.25, 0.3) is 10.0 Å². The highest BCUT2D eigenvalue weighted by Crippen LogP contribution is 2.37. The zero-order valence-corrected chi connectivity index (χ0v) is 15.5. The van der Waals surface area contributed by atoms with Gasteiger partial charge in [0.05, 0.1) is 15.7 Å². The van der Waals surface area contributed by atoms with Crippen molar-refractivity contribution in [2.75, 3.05) is 4.72 Å². The Bertz CT molecular complexity index is 791. The summed E-state index contributed by atoms with van der Waals surface area (Å²) in [6.07, 6.45) is 0. The molecule has 1 heterocycles. The van der Waals surface area contributed by atoms with Crippen molar-refractivity contribution >= 4 is 66.2 Å². The Labute approximate surface area is 145 Å². The maximum atomic E-state index is 12.4. The predicted molar refractivity (Wildman–Crippen MR) is 91.9 cm³/mol. The fraction of sp³-hybridized carbons (Fsp3) is 0.167. The molecule has 0 amide bonds. The molecule has 0 unspecified atom stereocenters. The van der Waals surface area contributed by atoms with Crippen LogP contribution in [0, 0.1) is 6.92 Å². The Kier molecular flexibility index (Phi) is 5.23. The van der Waals surface area contributed by atoms with E-state index in [4.69, 9.17) is 28.9 Å². The molecule has 0 atom stereocenters. The standard InChI is InChI=1S/C12H11BrCl2N2O2S2/c1-6-10(4-7(5-16)20-6)21(18,19)17-9-3-2-8(13)11(14)12(9)15/h2-4,17H,5,16H2,1H3. The normalized spacial score (nSPS) is 11.7. The van der Waals surface area contributed by atoms with Crippen LogP contribution in [0.3, 0.4) is 0 Å². The van der Waals surface area contributed by atoms with E-state index in [9.17, 15) is 8.42 Å². The summed E-state index contributed by atoms with van der Waals surface area (Å²) in [5, 5.41) is 0.392. The quantitative estimate of drug-likeness (QED) is 0.708. The minimum absolute atomic E-state index is 0.140. The third-order valence-electron chi connectivity index (χ3n) is 2.69. The van der Waals surface area contributed by atoms with E-state index in [1.165, 1.54) is 11.3 Å². The number of aryl methyl sites for hydroxylation is 1. The first-order chi connectivity index (χ1) is 9.76. The van der Waals surface area contributed by atoms with Gasteiger partial charge in [0, 0.05) is 20.8 Å². The van der Waals surface area contributed by atoms with E-state index in [-0.39, 0.29) is 20.6 Å². The van der Waals surface area contributed by atoms with Gasteiger partial charge in [-0.1, -0.05) is 23.2 Å². The van der Waals surface area contributed by atoms with Crippen molar-refractivity contribution < 1.29 is 8.42 Å². The van der Waals surface area contributed by atoms with E-state index in [1.807, 2.05) is 0 Å². The summed E-state index contributed by atoms with van der Waals surface area (Å²) in [6, 6.07) is 4.73. The number of hydrogen-bond acceptors (Lipinski definition) is 4. The molecule has 1 aromatic heterocycles. The molecule has 9 heteroatoms. The second-order valence-electron chi connectivity index (χ2n) is 4.17. The summed E-state index contributed by atoms with van der Waals surface area (Å²) < 4.78 is 27.9. The summed E-state index contributed by atoms with van der Waals surface area (Å²) >= 11 is 16.6. The van der Waals surface area contributed by atoms with Crippen LogP contribution in [0.1, 0.15) is 9.75 Å². The zero-order chi connectivity index (χ0) is 15.8. The van der Waals surface area contributed by atoms with Gasteiger partial charge >= 0.3 is 0 Å². The number of sulfonamides is 1. The Hall–Kier alpha value is -0.310. The molecule has 4 nitrogen and oxygen atoms in total. The highest BCUT2D eigenvalue weighted by atomic mass is 79.9. The predicted octanol–water partition coefficient (Wildman–Crippen LogP) is 4.39. The molecule has 0 aliphatic carbocycles. The molecule has 0 spiro atoms. The average molecular weight is 430 g/mol. The van der Waals surface area contributed by atoms with Crippen molar-refractivity contribution in [2.24, 2.45) is 5.73 Å². The molecule has 0 fully saturated rings. The third-order valence-corrected chi connectivity index (χ3v) is 7.16. The number of anilines is 1. The number of nitrogens with two attached hydrogens (primary N) is 1. The molecule has 114 valence electrons. The van der Waals surface area contributed by atoms with E-state index in [0.717, 1.165) is 4.88 Å². The van der Waals surface area contributed by atoms with Crippen LogP contribution in [0.2, 0.25) is 10.0 Å². The maximum Gasteiger partial charge on any atom is 0.263 e. The summed E-state index contributed by atoms with van der Waals surface area (Å²) in [6.45, 7) is 2.03. The molecule has 0 radical (unpaired) electrons. The molecular weight excluding hydrogens is 419 g/mol. The molecule has 1 aromatic carbocycles. The first-order valence-electron chi connectivity index (χ1n) is 5.72. The summed E-state index contributed by atoms with van der Waals surface area (Å²) in [5.41, 5.74) is 5.77. The van der Waals surface area contributed by atoms with Gasteiger partial charge in [-0.25, -0.2) is 8.42 Å². The SMILES string of the molecule is Cc1sc(CN)cc1S(=O)(=O)Nc1ccc(Br)c(Cl)c1Cl. The van der Waals surface area contributed by atoms with Gasteiger partial charge in [-0.2, -0.15) is 0 Å². The Balaban J connectivity index is 2.42. The number of halogens is 3. The average Bonchev–Trinajstić information content (AvgIpc) is 2.81. The number of rotatable bonds is 4. The van der Waals surface area contributed by atoms with Crippen molar-refractivity contribution in [3.05, 3.63) is 42.5 Å². The molecule has 21 heavy (non-hydrogen) atoms. The minimum Gasteiger partial charge on any atom is -0.326 e. The van der Waals surface area contributed by atoms with Crippen LogP contribution in [0.5, 0.6) is 0 Å². The minimum atomic E-state index is -3.74. The Morgan fingerprint density at radius 3 is 2.57 bits per heavy atom. The van der Waals surface area contributed by atoms with Crippen molar-refractivity contribution in [1.29, 1.82) is 0 Å². The smallest absolute Gasteiger partial charge is 0.263 e. The molecular formula is C12H11BrCl2N2O2S2. The highest BCUT2D eigenvalue weighted by Gasteiger charge is 2.21. The molecule has 0 saturated carbocycles. The Morgan fingerprint density at radius 2 is 2.00 bits per heavy atom. The lowest BCUT2D eigenvalue weighted by Gasteiger charge is -2.11. The first kappa shape index (κ1) is 17.1. The number of benzene rings is 1. The third kappa shape index (κ3) is 3.55. The summed E-state index contributed by atoms with van der Waals surface area (Å²) in [5.74, 6) is 0. The van der Waals surface area contributed by atoms with Gasteiger partial charge in [0.1, 0.15) is 4.90 Å². The van der Waals surface area contributed by atoms with E-state index >= 15 is 0 Å². The second-order valence-corrected chi connectivity index (χ2v) is 8.77. The molecule has 0 aliphatic rings. The van der Waals surface area contributed by atoms with E-state index < -0.39 is 10.0 Å². The van der Waals surface area contributed by atoms with Crippen LogP contribution >= 0.6 is 50.5 Å². The lowest BCUT2D eigenvalue weighted by molar-refractivity contribution is 0.601. The fourth-order valence-corrected chi connectivity index (χ4v) is 5.16. The van der Waals surface area contributed by atoms with Crippen molar-refractivity contribution in [3.63, 3.8) is 0 Å². The van der Waals surface area contributed by atoms with Crippen LogP contribution in [0.4, 0.5) is 5.69 Å². The molecule has 3 N–H and O–H groups in total. The second kappa shape index (κ2) is 6.44. The van der Waals surface area contributed by atoms with Crippen molar-refractivity contribution in [3.8, 4) is 0 Å². The molecule has 0 saturated heterocycles. The van der Waals surface area contributed by atoms with E-state index in [1.54, 1.807) is 25.1 Å². The lowest BCUT2D eigenvalue weighted by atomic mass is 10.3. The zero-order valence-electron chi connectivity index (χ0n) is 10.8. The number of hydrogen-bond donors (Lipinski definition) is 2.